The zero-order chi connectivity index (χ0) is 13.7. The zero-order valence-corrected chi connectivity index (χ0v) is 9.06. The average molecular weight is 255 g/mol. The van der Waals surface area contributed by atoms with Gasteiger partial charge in [0.05, 0.1) is 12.6 Å². The molecule has 0 heterocycles. The van der Waals surface area contributed by atoms with Gasteiger partial charge in [0.25, 0.3) is 0 Å². The van der Waals surface area contributed by atoms with Crippen LogP contribution in [0.1, 0.15) is 22.0 Å². The molecular formula is C10H10FN3O4. The second-order valence-electron chi connectivity index (χ2n) is 3.43. The van der Waals surface area contributed by atoms with Crippen molar-refractivity contribution in [2.45, 2.75) is 12.2 Å². The van der Waals surface area contributed by atoms with Crippen LogP contribution >= 0.6 is 0 Å². The van der Waals surface area contributed by atoms with Crippen molar-refractivity contribution in [1.29, 1.82) is 0 Å². The number of carboxylic acids is 1. The van der Waals surface area contributed by atoms with Gasteiger partial charge in [0.1, 0.15) is 17.5 Å². The lowest BCUT2D eigenvalue weighted by molar-refractivity contribution is 0.0230. The van der Waals surface area contributed by atoms with Gasteiger partial charge in [-0.3, -0.25) is 0 Å². The number of carbonyl (C=O) groups is 1. The van der Waals surface area contributed by atoms with E-state index in [2.05, 4.69) is 10.0 Å². The average Bonchev–Trinajstić information content (AvgIpc) is 2.34. The quantitative estimate of drug-likeness (QED) is 0.415. The minimum atomic E-state index is -1.66. The summed E-state index contributed by atoms with van der Waals surface area (Å²) in [5, 5.41) is 31.1. The number of azide groups is 1. The summed E-state index contributed by atoms with van der Waals surface area (Å²) in [5.74, 6) is -2.58. The van der Waals surface area contributed by atoms with Crippen LogP contribution in [0.4, 0.5) is 4.39 Å². The van der Waals surface area contributed by atoms with Crippen molar-refractivity contribution in [3.8, 4) is 0 Å². The minimum Gasteiger partial charge on any atom is -0.478 e. The highest BCUT2D eigenvalue weighted by Crippen LogP contribution is 2.23. The predicted octanol–water partition coefficient (Wildman–Crippen LogP) is 1.23. The SMILES string of the molecule is [N-]=[N+]=NCC(O)C(O)c1cccc(F)c1C(=O)O. The molecular weight excluding hydrogens is 245 g/mol. The van der Waals surface area contributed by atoms with Crippen LogP contribution in [0.2, 0.25) is 0 Å². The largest absolute Gasteiger partial charge is 0.478 e. The van der Waals surface area contributed by atoms with E-state index in [1.165, 1.54) is 12.1 Å². The van der Waals surface area contributed by atoms with Crippen molar-refractivity contribution < 1.29 is 24.5 Å². The van der Waals surface area contributed by atoms with E-state index in [-0.39, 0.29) is 5.56 Å². The van der Waals surface area contributed by atoms with Gasteiger partial charge in [0, 0.05) is 10.5 Å². The van der Waals surface area contributed by atoms with Crippen molar-refractivity contribution >= 4 is 5.97 Å². The summed E-state index contributed by atoms with van der Waals surface area (Å²) in [6, 6.07) is 3.32. The van der Waals surface area contributed by atoms with Crippen LogP contribution in [-0.2, 0) is 0 Å². The Morgan fingerprint density at radius 2 is 2.17 bits per heavy atom. The molecule has 0 amide bonds. The van der Waals surface area contributed by atoms with Gasteiger partial charge in [-0.2, -0.15) is 0 Å². The lowest BCUT2D eigenvalue weighted by atomic mass is 9.98. The molecule has 0 bridgehead atoms. The van der Waals surface area contributed by atoms with Crippen molar-refractivity contribution in [1.82, 2.24) is 0 Å². The topological polar surface area (TPSA) is 127 Å². The van der Waals surface area contributed by atoms with Crippen molar-refractivity contribution in [2.24, 2.45) is 5.11 Å². The third-order valence-corrected chi connectivity index (χ3v) is 2.27. The highest BCUT2D eigenvalue weighted by Gasteiger charge is 2.25. The van der Waals surface area contributed by atoms with Crippen LogP contribution in [0.15, 0.2) is 23.3 Å². The maximum atomic E-state index is 13.3. The molecule has 2 unspecified atom stereocenters. The first-order valence-electron chi connectivity index (χ1n) is 4.87. The Labute approximate surface area is 101 Å². The second kappa shape index (κ2) is 5.97. The summed E-state index contributed by atoms with van der Waals surface area (Å²) >= 11 is 0. The molecule has 0 fully saturated rings. The van der Waals surface area contributed by atoms with E-state index >= 15 is 0 Å². The predicted molar refractivity (Wildman–Crippen MR) is 58.3 cm³/mol. The first kappa shape index (κ1) is 13.9. The maximum absolute atomic E-state index is 13.3. The standard InChI is InChI=1S/C10H10FN3O4/c11-6-3-1-2-5(8(6)10(17)18)9(16)7(15)4-13-14-12/h1-3,7,9,15-16H,4H2,(H,17,18). The zero-order valence-electron chi connectivity index (χ0n) is 9.06. The van der Waals surface area contributed by atoms with E-state index in [4.69, 9.17) is 10.6 Å². The van der Waals surface area contributed by atoms with E-state index in [1.54, 1.807) is 0 Å². The Balaban J connectivity index is 3.12. The third-order valence-electron chi connectivity index (χ3n) is 2.27. The summed E-state index contributed by atoms with van der Waals surface area (Å²) < 4.78 is 13.3. The molecule has 8 heteroatoms. The number of aliphatic hydroxyl groups is 2. The molecule has 0 spiro atoms. The van der Waals surface area contributed by atoms with Crippen LogP contribution in [0, 0.1) is 5.82 Å². The summed E-state index contributed by atoms with van der Waals surface area (Å²) in [6.45, 7) is -0.451. The highest BCUT2D eigenvalue weighted by atomic mass is 19.1. The first-order chi connectivity index (χ1) is 8.49. The van der Waals surface area contributed by atoms with Crippen LogP contribution in [-0.4, -0.2) is 33.9 Å². The van der Waals surface area contributed by atoms with Crippen molar-refractivity contribution in [2.75, 3.05) is 6.54 Å². The molecule has 1 aromatic rings. The Bertz CT molecular complexity index is 502. The first-order valence-corrected chi connectivity index (χ1v) is 4.87. The van der Waals surface area contributed by atoms with Crippen molar-refractivity contribution in [3.05, 3.63) is 45.6 Å². The maximum Gasteiger partial charge on any atom is 0.339 e. The van der Waals surface area contributed by atoms with E-state index in [1.807, 2.05) is 0 Å². The van der Waals surface area contributed by atoms with Gasteiger partial charge in [-0.05, 0) is 11.6 Å². The molecule has 3 N–H and O–H groups in total. The minimum absolute atomic E-state index is 0.275. The molecule has 1 rings (SSSR count). The third kappa shape index (κ3) is 2.95. The molecule has 0 aliphatic heterocycles. The summed E-state index contributed by atoms with van der Waals surface area (Å²) in [5.41, 5.74) is 7.07. The fraction of sp³-hybridized carbons (Fsp3) is 0.300. The smallest absolute Gasteiger partial charge is 0.339 e. The lowest BCUT2D eigenvalue weighted by Crippen LogP contribution is -2.23. The Morgan fingerprint density at radius 1 is 1.50 bits per heavy atom. The fourth-order valence-corrected chi connectivity index (χ4v) is 1.44. The van der Waals surface area contributed by atoms with Crippen LogP contribution in [0.5, 0.6) is 0 Å². The summed E-state index contributed by atoms with van der Waals surface area (Å²) in [7, 11) is 0. The lowest BCUT2D eigenvalue weighted by Gasteiger charge is -2.18. The normalized spacial score (nSPS) is 13.5. The molecule has 0 saturated heterocycles. The molecule has 18 heavy (non-hydrogen) atoms. The molecule has 0 aliphatic rings. The Morgan fingerprint density at radius 3 is 2.72 bits per heavy atom. The van der Waals surface area contributed by atoms with E-state index in [0.29, 0.717) is 0 Å². The van der Waals surface area contributed by atoms with Gasteiger partial charge in [-0.15, -0.1) is 0 Å². The number of nitrogens with zero attached hydrogens (tertiary/aromatic N) is 3. The number of hydrogen-bond donors (Lipinski definition) is 3. The van der Waals surface area contributed by atoms with E-state index in [9.17, 15) is 19.4 Å². The van der Waals surface area contributed by atoms with Crippen molar-refractivity contribution in [3.63, 3.8) is 0 Å². The van der Waals surface area contributed by atoms with E-state index in [0.717, 1.165) is 6.07 Å². The van der Waals surface area contributed by atoms with Crippen LogP contribution in [0.3, 0.4) is 0 Å². The fourth-order valence-electron chi connectivity index (χ4n) is 1.44. The molecule has 0 aliphatic carbocycles. The molecule has 0 radical (unpaired) electrons. The monoisotopic (exact) mass is 255 g/mol. The second-order valence-corrected chi connectivity index (χ2v) is 3.43. The molecule has 7 nitrogen and oxygen atoms in total. The molecule has 2 atom stereocenters. The van der Waals surface area contributed by atoms with Gasteiger partial charge in [0.2, 0.25) is 0 Å². The number of aliphatic hydroxyl groups excluding tert-OH is 2. The van der Waals surface area contributed by atoms with Gasteiger partial charge < -0.3 is 15.3 Å². The number of halogens is 1. The van der Waals surface area contributed by atoms with E-state index < -0.39 is 36.1 Å². The number of hydrogen-bond acceptors (Lipinski definition) is 4. The number of carboxylic acid groups (broad SMARTS) is 1. The number of aromatic carboxylic acids is 1. The summed E-state index contributed by atoms with van der Waals surface area (Å²) in [6.07, 6.45) is -3.17. The van der Waals surface area contributed by atoms with Crippen LogP contribution < -0.4 is 0 Å². The van der Waals surface area contributed by atoms with Gasteiger partial charge in [-0.25, -0.2) is 9.18 Å². The van der Waals surface area contributed by atoms with Gasteiger partial charge in [-0.1, -0.05) is 17.2 Å². The molecule has 1 aromatic carbocycles. The number of rotatable bonds is 5. The molecule has 0 aromatic heterocycles. The highest BCUT2D eigenvalue weighted by molar-refractivity contribution is 5.89. The number of benzene rings is 1. The van der Waals surface area contributed by atoms with Gasteiger partial charge in [0.15, 0.2) is 0 Å². The summed E-state index contributed by atoms with van der Waals surface area (Å²) in [4.78, 5) is 13.3. The molecule has 96 valence electrons. The Kier molecular flexibility index (Phi) is 4.61. The van der Waals surface area contributed by atoms with Gasteiger partial charge >= 0.3 is 5.97 Å². The van der Waals surface area contributed by atoms with Crippen LogP contribution in [0.25, 0.3) is 10.4 Å². The molecule has 0 saturated carbocycles. The Hall–Kier alpha value is -2.15.